The van der Waals surface area contributed by atoms with Gasteiger partial charge in [0, 0.05) is 9.35 Å². The highest BCUT2D eigenvalue weighted by atomic mass is 79.9. The highest BCUT2D eigenvalue weighted by Crippen LogP contribution is 2.26. The number of nitrogens with two attached hydrogens (primary N) is 1. The number of rotatable bonds is 2. The van der Waals surface area contributed by atoms with Crippen LogP contribution >= 0.6 is 27.3 Å². The third-order valence-corrected chi connectivity index (χ3v) is 3.51. The van der Waals surface area contributed by atoms with Crippen LogP contribution in [0, 0.1) is 5.82 Å². The van der Waals surface area contributed by atoms with E-state index < -0.39 is 0 Å². The van der Waals surface area contributed by atoms with Gasteiger partial charge in [0.05, 0.1) is 6.04 Å². The van der Waals surface area contributed by atoms with Crippen molar-refractivity contribution in [2.75, 3.05) is 0 Å². The fraction of sp³-hybridized carbons (Fsp3) is 0.0909. The van der Waals surface area contributed by atoms with Crippen molar-refractivity contribution in [1.29, 1.82) is 0 Å². The number of thiophene rings is 1. The van der Waals surface area contributed by atoms with E-state index in [1.54, 1.807) is 11.3 Å². The SMILES string of the molecule is NC(c1cc(F)cc(Br)c1)c1cccs1. The fourth-order valence-corrected chi connectivity index (χ4v) is 2.62. The smallest absolute Gasteiger partial charge is 0.124 e. The van der Waals surface area contributed by atoms with E-state index in [9.17, 15) is 4.39 Å². The minimum absolute atomic E-state index is 0.253. The molecule has 0 bridgehead atoms. The zero-order chi connectivity index (χ0) is 10.8. The molecule has 0 fully saturated rings. The molecule has 2 rings (SSSR count). The lowest BCUT2D eigenvalue weighted by Crippen LogP contribution is -2.10. The van der Waals surface area contributed by atoms with Gasteiger partial charge in [-0.15, -0.1) is 11.3 Å². The number of hydrogen-bond donors (Lipinski definition) is 1. The van der Waals surface area contributed by atoms with E-state index in [2.05, 4.69) is 15.9 Å². The van der Waals surface area contributed by atoms with Crippen LogP contribution in [0.2, 0.25) is 0 Å². The monoisotopic (exact) mass is 285 g/mol. The summed E-state index contributed by atoms with van der Waals surface area (Å²) >= 11 is 4.83. The van der Waals surface area contributed by atoms with E-state index in [1.165, 1.54) is 12.1 Å². The van der Waals surface area contributed by atoms with Crippen LogP contribution in [0.5, 0.6) is 0 Å². The summed E-state index contributed by atoms with van der Waals surface area (Å²) in [6, 6.07) is 8.37. The first-order valence-corrected chi connectivity index (χ1v) is 6.09. The molecule has 1 unspecified atom stereocenters. The lowest BCUT2D eigenvalue weighted by Gasteiger charge is -2.10. The molecule has 0 aliphatic rings. The summed E-state index contributed by atoms with van der Waals surface area (Å²) in [5.74, 6) is -0.272. The first-order valence-electron chi connectivity index (χ1n) is 4.42. The molecule has 2 N–H and O–H groups in total. The van der Waals surface area contributed by atoms with E-state index in [0.29, 0.717) is 4.47 Å². The van der Waals surface area contributed by atoms with Gasteiger partial charge in [-0.3, -0.25) is 0 Å². The van der Waals surface area contributed by atoms with Gasteiger partial charge in [-0.2, -0.15) is 0 Å². The molecule has 1 nitrogen and oxygen atoms in total. The summed E-state index contributed by atoms with van der Waals surface area (Å²) in [5, 5.41) is 1.96. The van der Waals surface area contributed by atoms with Crippen molar-refractivity contribution in [2.24, 2.45) is 5.73 Å². The van der Waals surface area contributed by atoms with Gasteiger partial charge < -0.3 is 5.73 Å². The molecule has 0 saturated carbocycles. The van der Waals surface area contributed by atoms with Crippen molar-refractivity contribution in [1.82, 2.24) is 0 Å². The Morgan fingerprint density at radius 1 is 1.33 bits per heavy atom. The Balaban J connectivity index is 2.37. The molecule has 0 spiro atoms. The second kappa shape index (κ2) is 4.43. The maximum Gasteiger partial charge on any atom is 0.124 e. The first kappa shape index (κ1) is 10.8. The summed E-state index contributed by atoms with van der Waals surface area (Å²) in [6.45, 7) is 0. The minimum Gasteiger partial charge on any atom is -0.320 e. The van der Waals surface area contributed by atoms with Crippen LogP contribution in [0.3, 0.4) is 0 Å². The molecule has 1 aromatic carbocycles. The fourth-order valence-electron chi connectivity index (χ4n) is 1.39. The molecule has 0 amide bonds. The molecular weight excluding hydrogens is 277 g/mol. The van der Waals surface area contributed by atoms with Crippen LogP contribution in [0.15, 0.2) is 40.2 Å². The normalized spacial score (nSPS) is 12.7. The van der Waals surface area contributed by atoms with E-state index in [-0.39, 0.29) is 11.9 Å². The van der Waals surface area contributed by atoms with E-state index in [4.69, 9.17) is 5.73 Å². The molecule has 0 aliphatic heterocycles. The molecule has 15 heavy (non-hydrogen) atoms. The Morgan fingerprint density at radius 2 is 2.13 bits per heavy atom. The summed E-state index contributed by atoms with van der Waals surface area (Å²) in [4.78, 5) is 1.03. The average Bonchev–Trinajstić information content (AvgIpc) is 2.67. The van der Waals surface area contributed by atoms with Crippen molar-refractivity contribution in [3.05, 3.63) is 56.4 Å². The predicted octanol–water partition coefficient (Wildman–Crippen LogP) is 3.70. The van der Waals surface area contributed by atoms with Gasteiger partial charge in [0.2, 0.25) is 0 Å². The lowest BCUT2D eigenvalue weighted by atomic mass is 10.1. The molecular formula is C11H9BrFNS. The second-order valence-corrected chi connectivity index (χ2v) is 5.09. The van der Waals surface area contributed by atoms with Crippen LogP contribution in [-0.4, -0.2) is 0 Å². The number of halogens is 2. The van der Waals surface area contributed by atoms with Crippen molar-refractivity contribution in [3.8, 4) is 0 Å². The predicted molar refractivity (Wildman–Crippen MR) is 64.4 cm³/mol. The lowest BCUT2D eigenvalue weighted by molar-refractivity contribution is 0.623. The number of benzene rings is 1. The number of hydrogen-bond acceptors (Lipinski definition) is 2. The Hall–Kier alpha value is -0.710. The van der Waals surface area contributed by atoms with E-state index in [0.717, 1.165) is 10.4 Å². The summed E-state index contributed by atoms with van der Waals surface area (Å²) in [6.07, 6.45) is 0. The average molecular weight is 286 g/mol. The molecule has 0 saturated heterocycles. The molecule has 2 aromatic rings. The maximum atomic E-state index is 13.1. The van der Waals surface area contributed by atoms with Gasteiger partial charge >= 0.3 is 0 Å². The molecule has 78 valence electrons. The van der Waals surface area contributed by atoms with Crippen LogP contribution in [0.4, 0.5) is 4.39 Å². The quantitative estimate of drug-likeness (QED) is 0.895. The van der Waals surface area contributed by atoms with Gasteiger partial charge in [0.1, 0.15) is 5.82 Å². The van der Waals surface area contributed by atoms with Crippen LogP contribution in [0.1, 0.15) is 16.5 Å². The molecule has 1 atom stereocenters. The van der Waals surface area contributed by atoms with Gasteiger partial charge in [-0.25, -0.2) is 4.39 Å². The van der Waals surface area contributed by atoms with Crippen molar-refractivity contribution in [3.63, 3.8) is 0 Å². The van der Waals surface area contributed by atoms with Crippen molar-refractivity contribution < 1.29 is 4.39 Å². The van der Waals surface area contributed by atoms with Crippen LogP contribution in [-0.2, 0) is 0 Å². The maximum absolute atomic E-state index is 13.1. The first-order chi connectivity index (χ1) is 7.16. The minimum atomic E-state index is -0.272. The summed E-state index contributed by atoms with van der Waals surface area (Å²) in [5.41, 5.74) is 6.80. The van der Waals surface area contributed by atoms with Gasteiger partial charge in [0.25, 0.3) is 0 Å². The van der Waals surface area contributed by atoms with Crippen molar-refractivity contribution >= 4 is 27.3 Å². The van der Waals surface area contributed by atoms with E-state index >= 15 is 0 Å². The molecule has 4 heteroatoms. The van der Waals surface area contributed by atoms with Crippen molar-refractivity contribution in [2.45, 2.75) is 6.04 Å². The second-order valence-electron chi connectivity index (χ2n) is 3.20. The zero-order valence-electron chi connectivity index (χ0n) is 7.78. The largest absolute Gasteiger partial charge is 0.320 e. The third kappa shape index (κ3) is 2.45. The highest BCUT2D eigenvalue weighted by Gasteiger charge is 2.11. The van der Waals surface area contributed by atoms with Gasteiger partial charge in [-0.1, -0.05) is 22.0 Å². The Morgan fingerprint density at radius 3 is 2.73 bits per heavy atom. The van der Waals surface area contributed by atoms with Gasteiger partial charge in [-0.05, 0) is 35.2 Å². The summed E-state index contributed by atoms with van der Waals surface area (Å²) in [7, 11) is 0. The van der Waals surface area contributed by atoms with Gasteiger partial charge in [0.15, 0.2) is 0 Å². The highest BCUT2D eigenvalue weighted by molar-refractivity contribution is 9.10. The van der Waals surface area contributed by atoms with E-state index in [1.807, 2.05) is 23.6 Å². The standard InChI is InChI=1S/C11H9BrFNS/c12-8-4-7(5-9(13)6-8)11(14)10-2-1-3-15-10/h1-6,11H,14H2. The Labute approximate surface area is 99.9 Å². The molecule has 0 aliphatic carbocycles. The Bertz CT molecular complexity index is 435. The topological polar surface area (TPSA) is 26.0 Å². The molecule has 0 radical (unpaired) electrons. The molecule has 1 aromatic heterocycles. The Kier molecular flexibility index (Phi) is 3.19. The molecule has 1 heterocycles. The zero-order valence-corrected chi connectivity index (χ0v) is 10.2. The summed E-state index contributed by atoms with van der Waals surface area (Å²) < 4.78 is 13.9. The van der Waals surface area contributed by atoms with Crippen LogP contribution in [0.25, 0.3) is 0 Å². The van der Waals surface area contributed by atoms with Crippen LogP contribution < -0.4 is 5.73 Å². The third-order valence-electron chi connectivity index (χ3n) is 2.09.